The molecular formula is C30H49BrOS. The predicted molar refractivity (Wildman–Crippen MR) is 148 cm³/mol. The Morgan fingerprint density at radius 2 is 1.82 bits per heavy atom. The molecule has 3 heteroatoms. The number of fused-ring (bicyclic) bond motifs is 5. The van der Waals surface area contributed by atoms with Crippen LogP contribution in [-0.4, -0.2) is 15.2 Å². The van der Waals surface area contributed by atoms with Gasteiger partial charge in [-0.25, -0.2) is 0 Å². The van der Waals surface area contributed by atoms with E-state index in [0.717, 1.165) is 30.1 Å². The van der Waals surface area contributed by atoms with Crippen molar-refractivity contribution in [1.29, 1.82) is 0 Å². The van der Waals surface area contributed by atoms with Crippen molar-refractivity contribution in [3.05, 3.63) is 11.6 Å². The zero-order valence-electron chi connectivity index (χ0n) is 21.8. The van der Waals surface area contributed by atoms with E-state index in [1.54, 1.807) is 17.3 Å². The number of unbranched alkanes of at least 4 members (excludes halogenated alkanes) is 5. The predicted octanol–water partition coefficient (Wildman–Crippen LogP) is 9.73. The van der Waals surface area contributed by atoms with Gasteiger partial charge in [0.2, 0.25) is 5.12 Å². The molecule has 3 saturated carbocycles. The third kappa shape index (κ3) is 5.35. The summed E-state index contributed by atoms with van der Waals surface area (Å²) in [5, 5.41) is 0.809. The van der Waals surface area contributed by atoms with Gasteiger partial charge in [0.05, 0.1) is 4.83 Å². The fourth-order valence-electron chi connectivity index (χ4n) is 8.74. The maximum atomic E-state index is 12.3. The molecule has 4 aliphatic rings. The first-order valence-corrected chi connectivity index (χ1v) is 16.1. The van der Waals surface area contributed by atoms with Gasteiger partial charge in [-0.3, -0.25) is 4.79 Å². The molecule has 0 radical (unpaired) electrons. The Balaban J connectivity index is 1.38. The van der Waals surface area contributed by atoms with Gasteiger partial charge in [0, 0.05) is 5.25 Å². The number of carbonyl (C=O) groups excluding carboxylic acids is 1. The molecule has 4 aliphatic carbocycles. The quantitative estimate of drug-likeness (QED) is 0.165. The van der Waals surface area contributed by atoms with Crippen LogP contribution in [0.2, 0.25) is 0 Å². The molecule has 4 rings (SSSR count). The molecule has 0 spiro atoms. The molecular weight excluding hydrogens is 488 g/mol. The molecule has 0 aromatic rings. The SMILES string of the molecule is CCCCCCCC[C@@H]1CC[C@@H]2[C@@H]3CC=C4C[C@@H](SC(=O)[C@H](C)Br)CC[C@]4(C)[C@H]3CC[C@]12C. The van der Waals surface area contributed by atoms with Crippen LogP contribution in [0.3, 0.4) is 0 Å². The summed E-state index contributed by atoms with van der Waals surface area (Å²) in [6.45, 7) is 9.59. The number of rotatable bonds is 9. The molecule has 0 amide bonds. The first-order valence-electron chi connectivity index (χ1n) is 14.3. The minimum absolute atomic E-state index is 0.0248. The fraction of sp³-hybridized carbons (Fsp3) is 0.900. The van der Waals surface area contributed by atoms with Gasteiger partial charge in [-0.15, -0.1) is 0 Å². The van der Waals surface area contributed by atoms with Gasteiger partial charge in [0.15, 0.2) is 0 Å². The van der Waals surface area contributed by atoms with Crippen molar-refractivity contribution in [2.24, 2.45) is 34.5 Å². The van der Waals surface area contributed by atoms with Crippen molar-refractivity contribution >= 4 is 32.8 Å². The second-order valence-electron chi connectivity index (χ2n) is 12.6. The van der Waals surface area contributed by atoms with Crippen molar-refractivity contribution in [2.45, 2.75) is 134 Å². The number of carbonyl (C=O) groups is 1. The van der Waals surface area contributed by atoms with E-state index < -0.39 is 0 Å². The van der Waals surface area contributed by atoms with E-state index in [1.807, 2.05) is 6.92 Å². The van der Waals surface area contributed by atoms with E-state index in [0.29, 0.717) is 21.2 Å². The summed E-state index contributed by atoms with van der Waals surface area (Å²) in [7, 11) is 0. The molecule has 0 aliphatic heterocycles. The number of hydrogen-bond acceptors (Lipinski definition) is 2. The first-order chi connectivity index (χ1) is 15.8. The molecule has 33 heavy (non-hydrogen) atoms. The highest BCUT2D eigenvalue weighted by Crippen LogP contribution is 2.67. The molecule has 3 fully saturated rings. The van der Waals surface area contributed by atoms with Gasteiger partial charge >= 0.3 is 0 Å². The fourth-order valence-corrected chi connectivity index (χ4v) is 10.1. The number of alkyl halides is 1. The lowest BCUT2D eigenvalue weighted by atomic mass is 9.47. The van der Waals surface area contributed by atoms with Crippen molar-refractivity contribution in [3.63, 3.8) is 0 Å². The van der Waals surface area contributed by atoms with E-state index in [4.69, 9.17) is 0 Å². The summed E-state index contributed by atoms with van der Waals surface area (Å²) >= 11 is 5.09. The molecule has 0 saturated heterocycles. The van der Waals surface area contributed by atoms with Gasteiger partial charge in [0.1, 0.15) is 0 Å². The summed E-state index contributed by atoms with van der Waals surface area (Å²) in [5.41, 5.74) is 2.73. The van der Waals surface area contributed by atoms with Crippen LogP contribution in [0, 0.1) is 34.5 Å². The third-order valence-corrected chi connectivity index (χ3v) is 12.8. The van der Waals surface area contributed by atoms with Crippen molar-refractivity contribution in [1.82, 2.24) is 0 Å². The summed E-state index contributed by atoms with van der Waals surface area (Å²) < 4.78 is 0. The Morgan fingerprint density at radius 1 is 1.06 bits per heavy atom. The normalized spacial score (nSPS) is 41.0. The van der Waals surface area contributed by atoms with Crippen LogP contribution in [0.15, 0.2) is 11.6 Å². The summed E-state index contributed by atoms with van der Waals surface area (Å²) in [6.07, 6.45) is 23.7. The van der Waals surface area contributed by atoms with Crippen molar-refractivity contribution < 1.29 is 4.79 Å². The van der Waals surface area contributed by atoms with Gasteiger partial charge in [-0.2, -0.15) is 0 Å². The van der Waals surface area contributed by atoms with Crippen LogP contribution < -0.4 is 0 Å². The summed E-state index contributed by atoms with van der Waals surface area (Å²) in [6, 6.07) is 0. The zero-order chi connectivity index (χ0) is 23.6. The van der Waals surface area contributed by atoms with Crippen LogP contribution in [0.4, 0.5) is 0 Å². The number of allylic oxidation sites excluding steroid dienone is 2. The highest BCUT2D eigenvalue weighted by Gasteiger charge is 2.58. The minimum atomic E-state index is -0.0248. The minimum Gasteiger partial charge on any atom is -0.286 e. The van der Waals surface area contributed by atoms with Crippen molar-refractivity contribution in [3.8, 4) is 0 Å². The van der Waals surface area contributed by atoms with Crippen LogP contribution >= 0.6 is 27.7 Å². The van der Waals surface area contributed by atoms with Crippen LogP contribution in [0.5, 0.6) is 0 Å². The van der Waals surface area contributed by atoms with E-state index >= 15 is 0 Å². The Labute approximate surface area is 217 Å². The van der Waals surface area contributed by atoms with E-state index in [2.05, 4.69) is 42.8 Å². The molecule has 188 valence electrons. The number of halogens is 1. The number of hydrogen-bond donors (Lipinski definition) is 0. The molecule has 0 heterocycles. The lowest BCUT2D eigenvalue weighted by molar-refractivity contribution is -0.110. The summed E-state index contributed by atoms with van der Waals surface area (Å²) in [5.74, 6) is 3.75. The third-order valence-electron chi connectivity index (χ3n) is 10.8. The van der Waals surface area contributed by atoms with E-state index in [1.165, 1.54) is 89.9 Å². The van der Waals surface area contributed by atoms with Crippen LogP contribution in [-0.2, 0) is 4.79 Å². The first kappa shape index (κ1) is 26.3. The highest BCUT2D eigenvalue weighted by molar-refractivity contribution is 9.10. The lowest BCUT2D eigenvalue weighted by Crippen LogP contribution is -2.50. The Morgan fingerprint density at radius 3 is 2.58 bits per heavy atom. The second kappa shape index (κ2) is 11.1. The standard InChI is InChI=1S/C30H49BrOS/c1-5-6-7-8-9-10-11-22-13-15-26-25-14-12-23-20-24(33-28(32)21(2)31)16-18-30(23,4)27(25)17-19-29(22,26)3/h12,21-22,24-27H,5-11,13-20H2,1-4H3/t21-,22+,24-,25-,26+,27-,29+,30-/m0/s1. The maximum absolute atomic E-state index is 12.3. The summed E-state index contributed by atoms with van der Waals surface area (Å²) in [4.78, 5) is 12.3. The largest absolute Gasteiger partial charge is 0.286 e. The molecule has 0 N–H and O–H groups in total. The van der Waals surface area contributed by atoms with E-state index in [9.17, 15) is 4.79 Å². The van der Waals surface area contributed by atoms with Crippen molar-refractivity contribution in [2.75, 3.05) is 0 Å². The van der Waals surface area contributed by atoms with Crippen LogP contribution in [0.1, 0.15) is 124 Å². The average molecular weight is 538 g/mol. The van der Waals surface area contributed by atoms with Gasteiger partial charge in [0.25, 0.3) is 0 Å². The Kier molecular flexibility index (Phi) is 8.85. The lowest BCUT2D eigenvalue weighted by Gasteiger charge is -2.58. The monoisotopic (exact) mass is 536 g/mol. The Bertz CT molecular complexity index is 716. The van der Waals surface area contributed by atoms with Gasteiger partial charge in [-0.1, -0.05) is 98.6 Å². The molecule has 0 bridgehead atoms. The van der Waals surface area contributed by atoms with Crippen LogP contribution in [0.25, 0.3) is 0 Å². The maximum Gasteiger partial charge on any atom is 0.202 e. The van der Waals surface area contributed by atoms with E-state index in [-0.39, 0.29) is 4.83 Å². The van der Waals surface area contributed by atoms with Gasteiger partial charge in [-0.05, 0) is 99.2 Å². The zero-order valence-corrected chi connectivity index (χ0v) is 24.2. The molecule has 8 atom stereocenters. The number of thioether (sulfide) groups is 1. The topological polar surface area (TPSA) is 17.1 Å². The Hall–Kier alpha value is 0.240. The molecule has 0 aromatic carbocycles. The molecule has 0 aromatic heterocycles. The van der Waals surface area contributed by atoms with Gasteiger partial charge < -0.3 is 0 Å². The second-order valence-corrected chi connectivity index (χ2v) is 15.2. The molecule has 1 nitrogen and oxygen atoms in total. The highest BCUT2D eigenvalue weighted by atomic mass is 79.9. The smallest absolute Gasteiger partial charge is 0.202 e. The average Bonchev–Trinajstić information content (AvgIpc) is 3.12. The molecule has 0 unspecified atom stereocenters.